The molecule has 0 saturated carbocycles. The number of hydrogen-bond donors (Lipinski definition) is 1. The van der Waals surface area contributed by atoms with E-state index in [1.165, 1.54) is 7.11 Å². The van der Waals surface area contributed by atoms with Crippen LogP contribution < -0.4 is 5.32 Å². The van der Waals surface area contributed by atoms with E-state index in [2.05, 4.69) is 10.1 Å². The van der Waals surface area contributed by atoms with Gasteiger partial charge in [0.2, 0.25) is 0 Å². The van der Waals surface area contributed by atoms with Crippen molar-refractivity contribution in [3.05, 3.63) is 0 Å². The molecule has 0 radical (unpaired) electrons. The zero-order valence-corrected chi connectivity index (χ0v) is 8.94. The second-order valence-electron chi connectivity index (χ2n) is 3.36. The van der Waals surface area contributed by atoms with E-state index in [0.717, 1.165) is 0 Å². The highest BCUT2D eigenvalue weighted by atomic mass is 35.5. The average Bonchev–Trinajstić information content (AvgIpc) is 2.02. The van der Waals surface area contributed by atoms with Crippen molar-refractivity contribution in [2.45, 2.75) is 25.5 Å². The minimum atomic E-state index is -0.467. The smallest absolute Gasteiger partial charge is 0.325 e. The minimum Gasteiger partial charge on any atom is -0.468 e. The Bertz CT molecular complexity index is 184. The SMILES string of the molecule is COC(=O)C1NCCOC1(C)C.Cl. The summed E-state index contributed by atoms with van der Waals surface area (Å²) in [5.74, 6) is -0.264. The summed E-state index contributed by atoms with van der Waals surface area (Å²) in [4.78, 5) is 11.2. The molecule has 78 valence electrons. The summed E-state index contributed by atoms with van der Waals surface area (Å²) in [6.45, 7) is 5.09. The number of carbonyl (C=O) groups is 1. The molecule has 4 nitrogen and oxygen atoms in total. The number of ether oxygens (including phenoxy) is 2. The Balaban J connectivity index is 0.00000144. The Kier molecular flexibility index (Phi) is 4.67. The Labute approximate surface area is 84.4 Å². The first kappa shape index (κ1) is 12.7. The standard InChI is InChI=1S/C8H15NO3.ClH/c1-8(2)6(7(10)11-3)9-4-5-12-8;/h6,9H,4-5H2,1-3H3;1H. The normalized spacial score (nSPS) is 25.9. The number of hydrogen-bond acceptors (Lipinski definition) is 4. The number of carbonyl (C=O) groups excluding carboxylic acids is 1. The highest BCUT2D eigenvalue weighted by molar-refractivity contribution is 5.85. The lowest BCUT2D eigenvalue weighted by Gasteiger charge is -2.37. The second-order valence-corrected chi connectivity index (χ2v) is 3.36. The van der Waals surface area contributed by atoms with Gasteiger partial charge in [0.15, 0.2) is 0 Å². The molecule has 0 aromatic rings. The zero-order chi connectivity index (χ0) is 9.19. The van der Waals surface area contributed by atoms with Gasteiger partial charge in [-0.2, -0.15) is 0 Å². The number of halogens is 1. The predicted octanol–water partition coefficient (Wildman–Crippen LogP) is 0.348. The molecule has 0 aromatic carbocycles. The van der Waals surface area contributed by atoms with Crippen molar-refractivity contribution >= 4 is 18.4 Å². The Morgan fingerprint density at radius 3 is 2.69 bits per heavy atom. The minimum absolute atomic E-state index is 0. The summed E-state index contributed by atoms with van der Waals surface area (Å²) < 4.78 is 10.1. The van der Waals surface area contributed by atoms with Gasteiger partial charge in [-0.15, -0.1) is 12.4 Å². The van der Waals surface area contributed by atoms with Gasteiger partial charge in [-0.25, -0.2) is 0 Å². The van der Waals surface area contributed by atoms with E-state index in [-0.39, 0.29) is 24.4 Å². The lowest BCUT2D eigenvalue weighted by Crippen LogP contribution is -2.58. The van der Waals surface area contributed by atoms with Gasteiger partial charge in [-0.1, -0.05) is 0 Å². The fourth-order valence-electron chi connectivity index (χ4n) is 1.33. The van der Waals surface area contributed by atoms with Crippen molar-refractivity contribution in [2.24, 2.45) is 0 Å². The fourth-order valence-corrected chi connectivity index (χ4v) is 1.33. The maximum atomic E-state index is 11.2. The van der Waals surface area contributed by atoms with Crippen molar-refractivity contribution in [1.82, 2.24) is 5.32 Å². The van der Waals surface area contributed by atoms with Crippen LogP contribution in [0.3, 0.4) is 0 Å². The summed E-state index contributed by atoms with van der Waals surface area (Å²) in [5.41, 5.74) is -0.467. The van der Waals surface area contributed by atoms with Crippen LogP contribution in [0.4, 0.5) is 0 Å². The highest BCUT2D eigenvalue weighted by Crippen LogP contribution is 2.18. The van der Waals surface area contributed by atoms with Gasteiger partial charge >= 0.3 is 5.97 Å². The first-order chi connectivity index (χ1) is 5.58. The maximum Gasteiger partial charge on any atom is 0.325 e. The molecule has 1 fully saturated rings. The van der Waals surface area contributed by atoms with E-state index in [0.29, 0.717) is 13.2 Å². The molecule has 13 heavy (non-hydrogen) atoms. The summed E-state index contributed by atoms with van der Waals surface area (Å²) >= 11 is 0. The van der Waals surface area contributed by atoms with Crippen molar-refractivity contribution in [3.8, 4) is 0 Å². The topological polar surface area (TPSA) is 47.6 Å². The summed E-state index contributed by atoms with van der Waals surface area (Å²) in [6.07, 6.45) is 0. The van der Waals surface area contributed by atoms with E-state index in [1.807, 2.05) is 13.8 Å². The first-order valence-corrected chi connectivity index (χ1v) is 4.03. The van der Waals surface area contributed by atoms with Crippen LogP contribution in [0.5, 0.6) is 0 Å². The molecule has 0 spiro atoms. The van der Waals surface area contributed by atoms with E-state index in [4.69, 9.17) is 4.74 Å². The van der Waals surface area contributed by atoms with Gasteiger partial charge in [-0.05, 0) is 13.8 Å². The van der Waals surface area contributed by atoms with Crippen LogP contribution in [0.25, 0.3) is 0 Å². The summed E-state index contributed by atoms with van der Waals surface area (Å²) in [7, 11) is 1.38. The molecule has 1 rings (SSSR count). The average molecular weight is 210 g/mol. The third-order valence-electron chi connectivity index (χ3n) is 2.06. The van der Waals surface area contributed by atoms with E-state index < -0.39 is 5.60 Å². The fraction of sp³-hybridized carbons (Fsp3) is 0.875. The van der Waals surface area contributed by atoms with E-state index in [1.54, 1.807) is 0 Å². The number of morpholine rings is 1. The van der Waals surface area contributed by atoms with Crippen LogP contribution in [-0.4, -0.2) is 37.9 Å². The number of esters is 1. The molecule has 1 N–H and O–H groups in total. The third kappa shape index (κ3) is 2.83. The molecule has 1 aliphatic rings. The summed E-state index contributed by atoms with van der Waals surface area (Å²) in [5, 5.41) is 3.06. The van der Waals surface area contributed by atoms with Crippen LogP contribution in [-0.2, 0) is 14.3 Å². The molecule has 1 heterocycles. The zero-order valence-electron chi connectivity index (χ0n) is 8.12. The van der Waals surface area contributed by atoms with Gasteiger partial charge < -0.3 is 9.47 Å². The quantitative estimate of drug-likeness (QED) is 0.634. The maximum absolute atomic E-state index is 11.2. The lowest BCUT2D eigenvalue weighted by molar-refractivity contribution is -0.157. The summed E-state index contributed by atoms with van der Waals surface area (Å²) in [6, 6.07) is -0.351. The molecule has 1 atom stereocenters. The molecule has 0 aromatic heterocycles. The second kappa shape index (κ2) is 4.79. The number of nitrogens with one attached hydrogen (secondary N) is 1. The lowest BCUT2D eigenvalue weighted by atomic mass is 9.97. The molecule has 1 aliphatic heterocycles. The van der Waals surface area contributed by atoms with Gasteiger partial charge in [0.1, 0.15) is 6.04 Å². The van der Waals surface area contributed by atoms with E-state index >= 15 is 0 Å². The van der Waals surface area contributed by atoms with Crippen LogP contribution in [0.2, 0.25) is 0 Å². The molecule has 5 heteroatoms. The molecule has 1 saturated heterocycles. The molecular formula is C8H16ClNO3. The number of rotatable bonds is 1. The first-order valence-electron chi connectivity index (χ1n) is 4.03. The van der Waals surface area contributed by atoms with Gasteiger partial charge in [0.05, 0.1) is 19.3 Å². The Morgan fingerprint density at radius 2 is 2.23 bits per heavy atom. The molecule has 1 unspecified atom stereocenters. The van der Waals surface area contributed by atoms with Gasteiger partial charge in [-0.3, -0.25) is 10.1 Å². The monoisotopic (exact) mass is 209 g/mol. The predicted molar refractivity (Wildman–Crippen MR) is 51.1 cm³/mol. The third-order valence-corrected chi connectivity index (χ3v) is 2.06. The Hall–Kier alpha value is -0.320. The molecular weight excluding hydrogens is 194 g/mol. The van der Waals surface area contributed by atoms with Crippen LogP contribution in [0.1, 0.15) is 13.8 Å². The van der Waals surface area contributed by atoms with Gasteiger partial charge in [0.25, 0.3) is 0 Å². The van der Waals surface area contributed by atoms with Crippen molar-refractivity contribution in [2.75, 3.05) is 20.3 Å². The van der Waals surface area contributed by atoms with Crippen LogP contribution in [0.15, 0.2) is 0 Å². The molecule has 0 bridgehead atoms. The Morgan fingerprint density at radius 1 is 1.62 bits per heavy atom. The van der Waals surface area contributed by atoms with Crippen LogP contribution >= 0.6 is 12.4 Å². The molecule has 0 aliphatic carbocycles. The van der Waals surface area contributed by atoms with Crippen molar-refractivity contribution in [1.29, 1.82) is 0 Å². The molecule has 0 amide bonds. The highest BCUT2D eigenvalue weighted by Gasteiger charge is 2.39. The van der Waals surface area contributed by atoms with E-state index in [9.17, 15) is 4.79 Å². The largest absolute Gasteiger partial charge is 0.468 e. The van der Waals surface area contributed by atoms with Crippen molar-refractivity contribution < 1.29 is 14.3 Å². The van der Waals surface area contributed by atoms with Crippen molar-refractivity contribution in [3.63, 3.8) is 0 Å². The van der Waals surface area contributed by atoms with Gasteiger partial charge in [0, 0.05) is 6.54 Å². The number of methoxy groups -OCH3 is 1. The van der Waals surface area contributed by atoms with Crippen LogP contribution in [0, 0.1) is 0 Å².